The van der Waals surface area contributed by atoms with Crippen molar-refractivity contribution in [1.29, 1.82) is 0 Å². The van der Waals surface area contributed by atoms with Gasteiger partial charge in [0.25, 0.3) is 5.91 Å². The zero-order chi connectivity index (χ0) is 28.3. The fourth-order valence-electron chi connectivity index (χ4n) is 5.47. The standard InChI is InChI=1S/C32H35N5O4/c1-20-7-8-23(13-26(20)30-19-39-11-12-40-30)32(38)34-16-25-14-29-24(15-33-25)9-10-28(35-29)27-5-4-6-31(36-27)37-17-21(2)41-22(3)18-37/h4-10,13-15,21-22,30H,11-12,16-19H2,1-3H3,(H,34,38). The van der Waals surface area contributed by atoms with Crippen LogP contribution in [0.3, 0.4) is 0 Å². The Morgan fingerprint density at radius 2 is 1.83 bits per heavy atom. The van der Waals surface area contributed by atoms with Crippen molar-refractivity contribution in [3.05, 3.63) is 83.2 Å². The second-order valence-corrected chi connectivity index (χ2v) is 10.8. The summed E-state index contributed by atoms with van der Waals surface area (Å²) in [5, 5.41) is 3.92. The van der Waals surface area contributed by atoms with Crippen LogP contribution in [0.25, 0.3) is 22.3 Å². The van der Waals surface area contributed by atoms with Crippen LogP contribution in [0.2, 0.25) is 0 Å². The number of benzene rings is 1. The number of hydrogen-bond donors (Lipinski definition) is 1. The molecule has 1 N–H and O–H groups in total. The summed E-state index contributed by atoms with van der Waals surface area (Å²) in [5.74, 6) is 0.755. The monoisotopic (exact) mass is 553 g/mol. The van der Waals surface area contributed by atoms with Gasteiger partial charge in [0.2, 0.25) is 0 Å². The number of carbonyl (C=O) groups excluding carboxylic acids is 1. The van der Waals surface area contributed by atoms with Crippen molar-refractivity contribution in [2.24, 2.45) is 0 Å². The molecule has 2 aliphatic heterocycles. The van der Waals surface area contributed by atoms with E-state index in [1.54, 1.807) is 6.20 Å². The van der Waals surface area contributed by atoms with Gasteiger partial charge in [0.05, 0.1) is 61.2 Å². The second kappa shape index (κ2) is 11.9. The summed E-state index contributed by atoms with van der Waals surface area (Å²) in [4.78, 5) is 29.7. The van der Waals surface area contributed by atoms with Crippen LogP contribution in [-0.4, -0.2) is 66.0 Å². The Morgan fingerprint density at radius 1 is 1.00 bits per heavy atom. The van der Waals surface area contributed by atoms with Gasteiger partial charge in [-0.15, -0.1) is 0 Å². The zero-order valence-corrected chi connectivity index (χ0v) is 23.7. The van der Waals surface area contributed by atoms with Crippen molar-refractivity contribution in [1.82, 2.24) is 20.3 Å². The Kier molecular flexibility index (Phi) is 7.91. The van der Waals surface area contributed by atoms with Gasteiger partial charge >= 0.3 is 0 Å². The summed E-state index contributed by atoms with van der Waals surface area (Å²) in [6.45, 7) is 9.74. The topological polar surface area (TPSA) is 98.7 Å². The highest BCUT2D eigenvalue weighted by atomic mass is 16.6. The summed E-state index contributed by atoms with van der Waals surface area (Å²) in [6, 6.07) is 17.6. The lowest BCUT2D eigenvalue weighted by molar-refractivity contribution is -0.0903. The van der Waals surface area contributed by atoms with E-state index < -0.39 is 0 Å². The number of rotatable bonds is 6. The number of pyridine rings is 3. The van der Waals surface area contributed by atoms with Gasteiger partial charge in [-0.05, 0) is 74.4 Å². The Bertz CT molecular complexity index is 1540. The molecule has 6 rings (SSSR count). The molecule has 0 saturated carbocycles. The van der Waals surface area contributed by atoms with Crippen LogP contribution >= 0.6 is 0 Å². The van der Waals surface area contributed by atoms with Crippen LogP contribution in [0.1, 0.15) is 47.1 Å². The van der Waals surface area contributed by atoms with Gasteiger partial charge in [0.15, 0.2) is 0 Å². The lowest BCUT2D eigenvalue weighted by atomic mass is 10.00. The fraction of sp³-hybridized carbons (Fsp3) is 0.375. The van der Waals surface area contributed by atoms with Gasteiger partial charge in [0.1, 0.15) is 11.9 Å². The molecule has 0 radical (unpaired) electrons. The summed E-state index contributed by atoms with van der Waals surface area (Å²) in [6.07, 6.45) is 1.94. The van der Waals surface area contributed by atoms with Crippen LogP contribution in [0, 0.1) is 6.92 Å². The van der Waals surface area contributed by atoms with E-state index >= 15 is 0 Å². The molecule has 3 aromatic heterocycles. The highest BCUT2D eigenvalue weighted by molar-refractivity contribution is 5.94. The van der Waals surface area contributed by atoms with E-state index in [1.807, 2.05) is 61.5 Å². The predicted octanol–water partition coefficient (Wildman–Crippen LogP) is 4.63. The number of anilines is 1. The normalized spacial score (nSPS) is 21.1. The molecule has 41 heavy (non-hydrogen) atoms. The summed E-state index contributed by atoms with van der Waals surface area (Å²) in [7, 11) is 0. The third-order valence-electron chi connectivity index (χ3n) is 7.50. The van der Waals surface area contributed by atoms with Gasteiger partial charge in [-0.2, -0.15) is 0 Å². The van der Waals surface area contributed by atoms with E-state index in [0.717, 1.165) is 58.0 Å². The molecule has 3 atom stereocenters. The van der Waals surface area contributed by atoms with Gasteiger partial charge in [-0.1, -0.05) is 12.1 Å². The predicted molar refractivity (Wildman–Crippen MR) is 157 cm³/mol. The lowest BCUT2D eigenvalue weighted by Gasteiger charge is -2.36. The minimum Gasteiger partial charge on any atom is -0.376 e. The van der Waals surface area contributed by atoms with Crippen LogP contribution < -0.4 is 10.2 Å². The molecule has 5 heterocycles. The third-order valence-corrected chi connectivity index (χ3v) is 7.50. The summed E-state index contributed by atoms with van der Waals surface area (Å²) in [5.41, 5.74) is 5.76. The molecule has 3 unspecified atom stereocenters. The Balaban J connectivity index is 1.17. The van der Waals surface area contributed by atoms with Crippen molar-refractivity contribution in [2.75, 3.05) is 37.8 Å². The molecule has 1 amide bonds. The average molecular weight is 554 g/mol. The highest BCUT2D eigenvalue weighted by Crippen LogP contribution is 2.26. The first-order valence-corrected chi connectivity index (χ1v) is 14.1. The molecule has 0 aliphatic carbocycles. The zero-order valence-electron chi connectivity index (χ0n) is 23.7. The van der Waals surface area contributed by atoms with E-state index in [2.05, 4.69) is 29.0 Å². The number of nitrogens with zero attached hydrogens (tertiary/aromatic N) is 4. The number of fused-ring (bicyclic) bond motifs is 1. The van der Waals surface area contributed by atoms with E-state index in [-0.39, 0.29) is 30.8 Å². The quantitative estimate of drug-likeness (QED) is 0.369. The van der Waals surface area contributed by atoms with Gasteiger partial charge in [-0.25, -0.2) is 9.97 Å². The van der Waals surface area contributed by atoms with Crippen molar-refractivity contribution in [3.8, 4) is 11.4 Å². The Labute approximate surface area is 239 Å². The summed E-state index contributed by atoms with van der Waals surface area (Å²) >= 11 is 0. The number of aromatic nitrogens is 3. The number of aryl methyl sites for hydroxylation is 1. The molecular weight excluding hydrogens is 518 g/mol. The first-order chi connectivity index (χ1) is 19.9. The molecule has 9 heteroatoms. The van der Waals surface area contributed by atoms with Crippen molar-refractivity contribution in [2.45, 2.75) is 45.6 Å². The maximum absolute atomic E-state index is 13.0. The minimum atomic E-state index is -0.167. The maximum Gasteiger partial charge on any atom is 0.251 e. The first kappa shape index (κ1) is 27.3. The molecule has 4 aromatic rings. The lowest BCUT2D eigenvalue weighted by Crippen LogP contribution is -2.45. The number of ether oxygens (including phenoxy) is 3. The van der Waals surface area contributed by atoms with Gasteiger partial charge in [-0.3, -0.25) is 9.78 Å². The van der Waals surface area contributed by atoms with Crippen molar-refractivity contribution in [3.63, 3.8) is 0 Å². The Hall–Kier alpha value is -3.92. The molecule has 2 fully saturated rings. The number of nitrogens with one attached hydrogen (secondary N) is 1. The molecular formula is C32H35N5O4. The van der Waals surface area contributed by atoms with Crippen LogP contribution in [-0.2, 0) is 20.8 Å². The van der Waals surface area contributed by atoms with Crippen LogP contribution in [0.4, 0.5) is 5.82 Å². The molecule has 1 aromatic carbocycles. The molecule has 2 saturated heterocycles. The molecule has 212 valence electrons. The molecule has 0 spiro atoms. The van der Waals surface area contributed by atoms with Crippen LogP contribution in [0.5, 0.6) is 0 Å². The molecule has 0 bridgehead atoms. The number of carbonyl (C=O) groups is 1. The SMILES string of the molecule is Cc1ccc(C(=O)NCc2cc3nc(-c4cccc(N5CC(C)OC(C)C5)n4)ccc3cn2)cc1C1COCCO1. The van der Waals surface area contributed by atoms with Crippen molar-refractivity contribution >= 4 is 22.6 Å². The smallest absolute Gasteiger partial charge is 0.251 e. The fourth-order valence-corrected chi connectivity index (χ4v) is 5.47. The maximum atomic E-state index is 13.0. The third kappa shape index (κ3) is 6.22. The minimum absolute atomic E-state index is 0.156. The van der Waals surface area contributed by atoms with E-state index in [4.69, 9.17) is 24.2 Å². The van der Waals surface area contributed by atoms with E-state index in [1.165, 1.54) is 0 Å². The van der Waals surface area contributed by atoms with E-state index in [9.17, 15) is 4.79 Å². The van der Waals surface area contributed by atoms with E-state index in [0.29, 0.717) is 25.4 Å². The van der Waals surface area contributed by atoms with Gasteiger partial charge in [0, 0.05) is 30.2 Å². The molecule has 9 nitrogen and oxygen atoms in total. The Morgan fingerprint density at radius 3 is 2.63 bits per heavy atom. The number of morpholine rings is 1. The van der Waals surface area contributed by atoms with Crippen LogP contribution in [0.15, 0.2) is 60.8 Å². The van der Waals surface area contributed by atoms with Crippen molar-refractivity contribution < 1.29 is 19.0 Å². The average Bonchev–Trinajstić information content (AvgIpc) is 2.99. The first-order valence-electron chi connectivity index (χ1n) is 14.1. The number of amides is 1. The highest BCUT2D eigenvalue weighted by Gasteiger charge is 2.24. The number of hydrogen-bond acceptors (Lipinski definition) is 8. The van der Waals surface area contributed by atoms with Gasteiger partial charge < -0.3 is 24.4 Å². The second-order valence-electron chi connectivity index (χ2n) is 10.8. The largest absolute Gasteiger partial charge is 0.376 e. The summed E-state index contributed by atoms with van der Waals surface area (Å²) < 4.78 is 17.3. The molecule has 2 aliphatic rings.